The maximum atomic E-state index is 14.1. The molecule has 25 heavy (non-hydrogen) atoms. The van der Waals surface area contributed by atoms with Gasteiger partial charge in [0.2, 0.25) is 15.9 Å². The molecule has 2 fully saturated rings. The number of sulfonamides is 1. The number of hydrogen-bond donors (Lipinski definition) is 1. The summed E-state index contributed by atoms with van der Waals surface area (Å²) >= 11 is 0. The summed E-state index contributed by atoms with van der Waals surface area (Å²) < 4.78 is 45.8. The van der Waals surface area contributed by atoms with Gasteiger partial charge in [0.15, 0.2) is 0 Å². The van der Waals surface area contributed by atoms with Crippen LogP contribution in [0.2, 0.25) is 0 Å². The Morgan fingerprint density at radius 3 is 2.60 bits per heavy atom. The number of carbonyl (C=O) groups is 2. The molecule has 0 unspecified atom stereocenters. The maximum Gasteiger partial charge on any atom is 0.257 e. The molecule has 2 aliphatic rings. The molecule has 136 valence electrons. The van der Waals surface area contributed by atoms with Crippen molar-refractivity contribution in [3.8, 4) is 0 Å². The number of nitrogens with zero attached hydrogens (tertiary/aromatic N) is 2. The van der Waals surface area contributed by atoms with Crippen LogP contribution in [0.5, 0.6) is 0 Å². The van der Waals surface area contributed by atoms with Crippen molar-refractivity contribution in [1.82, 2.24) is 14.5 Å². The molecule has 2 saturated heterocycles. The van der Waals surface area contributed by atoms with Gasteiger partial charge < -0.3 is 15.0 Å². The van der Waals surface area contributed by atoms with E-state index in [-0.39, 0.29) is 62.3 Å². The first-order valence-corrected chi connectivity index (χ1v) is 9.27. The zero-order valence-electron chi connectivity index (χ0n) is 13.4. The summed E-state index contributed by atoms with van der Waals surface area (Å²) in [5.41, 5.74) is -0.357. The van der Waals surface area contributed by atoms with Crippen molar-refractivity contribution in [3.63, 3.8) is 0 Å². The fourth-order valence-electron chi connectivity index (χ4n) is 2.75. The van der Waals surface area contributed by atoms with Gasteiger partial charge in [-0.25, -0.2) is 12.8 Å². The summed E-state index contributed by atoms with van der Waals surface area (Å²) in [5.74, 6) is -1.86. The summed E-state index contributed by atoms with van der Waals surface area (Å²) in [4.78, 5) is 25.0. The van der Waals surface area contributed by atoms with Crippen LogP contribution in [0.4, 0.5) is 4.39 Å². The summed E-state index contributed by atoms with van der Waals surface area (Å²) in [6.07, 6.45) is 0. The molecule has 0 aromatic heterocycles. The summed E-state index contributed by atoms with van der Waals surface area (Å²) in [6, 6.07) is 3.14. The SMILES string of the molecule is O=C1CN(C(=O)c2cc(S(=O)(=O)N3CCOCC3)ccc2F)CCN1. The standard InChI is InChI=1S/C15H18FN3O5S/c16-13-2-1-11(25(22,23)19-5-7-24-8-6-19)9-12(13)15(21)18-4-3-17-14(20)10-18/h1-2,9H,3-8,10H2,(H,17,20). The van der Waals surface area contributed by atoms with E-state index in [1.807, 2.05) is 0 Å². The number of morpholine rings is 1. The molecule has 3 rings (SSSR count). The molecule has 10 heteroatoms. The van der Waals surface area contributed by atoms with E-state index in [0.717, 1.165) is 18.2 Å². The fourth-order valence-corrected chi connectivity index (χ4v) is 4.18. The van der Waals surface area contributed by atoms with Crippen molar-refractivity contribution < 1.29 is 27.1 Å². The van der Waals surface area contributed by atoms with Crippen LogP contribution in [0.1, 0.15) is 10.4 Å². The number of amides is 2. The minimum atomic E-state index is -3.84. The average molecular weight is 371 g/mol. The highest BCUT2D eigenvalue weighted by atomic mass is 32.2. The van der Waals surface area contributed by atoms with E-state index in [1.165, 1.54) is 9.21 Å². The van der Waals surface area contributed by atoms with Crippen LogP contribution in [-0.2, 0) is 19.6 Å². The summed E-state index contributed by atoms with van der Waals surface area (Å²) in [5, 5.41) is 2.57. The van der Waals surface area contributed by atoms with E-state index in [4.69, 9.17) is 4.74 Å². The van der Waals surface area contributed by atoms with Gasteiger partial charge in [0.25, 0.3) is 5.91 Å². The predicted molar refractivity (Wildman–Crippen MR) is 84.9 cm³/mol. The number of ether oxygens (including phenoxy) is 1. The molecule has 2 amide bonds. The monoisotopic (exact) mass is 371 g/mol. The van der Waals surface area contributed by atoms with Crippen molar-refractivity contribution in [2.75, 3.05) is 45.9 Å². The van der Waals surface area contributed by atoms with Gasteiger partial charge in [-0.2, -0.15) is 4.31 Å². The Morgan fingerprint density at radius 2 is 1.92 bits per heavy atom. The lowest BCUT2D eigenvalue weighted by atomic mass is 10.1. The highest BCUT2D eigenvalue weighted by Gasteiger charge is 2.29. The number of halogens is 1. The minimum absolute atomic E-state index is 0.152. The van der Waals surface area contributed by atoms with Crippen LogP contribution in [-0.4, -0.2) is 75.4 Å². The molecule has 0 radical (unpaired) electrons. The van der Waals surface area contributed by atoms with Gasteiger partial charge in [-0.05, 0) is 18.2 Å². The zero-order chi connectivity index (χ0) is 18.0. The van der Waals surface area contributed by atoms with Crippen LogP contribution in [0.15, 0.2) is 23.1 Å². The lowest BCUT2D eigenvalue weighted by Crippen LogP contribution is -2.50. The van der Waals surface area contributed by atoms with Gasteiger partial charge in [-0.3, -0.25) is 9.59 Å². The maximum absolute atomic E-state index is 14.1. The Balaban J connectivity index is 1.89. The number of benzene rings is 1. The number of carbonyl (C=O) groups excluding carboxylic acids is 2. The lowest BCUT2D eigenvalue weighted by molar-refractivity contribution is -0.123. The molecule has 0 atom stereocenters. The van der Waals surface area contributed by atoms with Gasteiger partial charge in [0, 0.05) is 26.2 Å². The van der Waals surface area contributed by atoms with Gasteiger partial charge in [-0.15, -0.1) is 0 Å². The Hall–Kier alpha value is -2.04. The predicted octanol–water partition coefficient (Wildman–Crippen LogP) is -0.581. The molecular weight excluding hydrogens is 353 g/mol. The molecule has 0 aliphatic carbocycles. The first-order valence-electron chi connectivity index (χ1n) is 7.83. The topological polar surface area (TPSA) is 96.0 Å². The van der Waals surface area contributed by atoms with E-state index in [9.17, 15) is 22.4 Å². The molecule has 8 nitrogen and oxygen atoms in total. The van der Waals surface area contributed by atoms with Gasteiger partial charge in [0.1, 0.15) is 5.82 Å². The number of nitrogens with one attached hydrogen (secondary N) is 1. The highest BCUT2D eigenvalue weighted by Crippen LogP contribution is 2.21. The third kappa shape index (κ3) is 3.65. The van der Waals surface area contributed by atoms with Crippen molar-refractivity contribution in [3.05, 3.63) is 29.6 Å². The van der Waals surface area contributed by atoms with Gasteiger partial charge in [-0.1, -0.05) is 0 Å². The molecule has 1 aromatic carbocycles. The Bertz CT molecular complexity index is 792. The number of piperazine rings is 1. The van der Waals surface area contributed by atoms with Crippen molar-refractivity contribution in [2.45, 2.75) is 4.90 Å². The molecule has 0 spiro atoms. The molecule has 0 bridgehead atoms. The Kier molecular flexibility index (Phi) is 5.02. The summed E-state index contributed by atoms with van der Waals surface area (Å²) in [7, 11) is -3.84. The van der Waals surface area contributed by atoms with E-state index < -0.39 is 21.7 Å². The largest absolute Gasteiger partial charge is 0.379 e. The molecule has 0 saturated carbocycles. The number of hydrogen-bond acceptors (Lipinski definition) is 5. The van der Waals surface area contributed by atoms with Crippen LogP contribution in [0.3, 0.4) is 0 Å². The van der Waals surface area contributed by atoms with Crippen molar-refractivity contribution in [2.24, 2.45) is 0 Å². The Labute approximate surface area is 144 Å². The summed E-state index contributed by atoms with van der Waals surface area (Å²) in [6.45, 7) is 1.32. The van der Waals surface area contributed by atoms with Crippen molar-refractivity contribution >= 4 is 21.8 Å². The quantitative estimate of drug-likeness (QED) is 0.767. The molecule has 1 N–H and O–H groups in total. The molecule has 2 aliphatic heterocycles. The van der Waals surface area contributed by atoms with E-state index >= 15 is 0 Å². The van der Waals surface area contributed by atoms with Crippen LogP contribution >= 0.6 is 0 Å². The fraction of sp³-hybridized carbons (Fsp3) is 0.467. The van der Waals surface area contributed by atoms with E-state index in [1.54, 1.807) is 0 Å². The highest BCUT2D eigenvalue weighted by molar-refractivity contribution is 7.89. The van der Waals surface area contributed by atoms with Crippen molar-refractivity contribution in [1.29, 1.82) is 0 Å². The van der Waals surface area contributed by atoms with Crippen LogP contribution < -0.4 is 5.32 Å². The third-order valence-electron chi connectivity index (χ3n) is 4.10. The second kappa shape index (κ2) is 7.06. The first-order chi connectivity index (χ1) is 11.9. The lowest BCUT2D eigenvalue weighted by Gasteiger charge is -2.28. The zero-order valence-corrected chi connectivity index (χ0v) is 14.2. The molecular formula is C15H18FN3O5S. The number of rotatable bonds is 3. The van der Waals surface area contributed by atoms with Crippen LogP contribution in [0.25, 0.3) is 0 Å². The van der Waals surface area contributed by atoms with E-state index in [0.29, 0.717) is 0 Å². The van der Waals surface area contributed by atoms with Crippen LogP contribution in [0, 0.1) is 5.82 Å². The second-order valence-corrected chi connectivity index (χ2v) is 7.67. The average Bonchev–Trinajstić information content (AvgIpc) is 2.62. The molecule has 1 aromatic rings. The van der Waals surface area contributed by atoms with Gasteiger partial charge in [0.05, 0.1) is 30.2 Å². The van der Waals surface area contributed by atoms with E-state index in [2.05, 4.69) is 5.32 Å². The molecule has 2 heterocycles. The second-order valence-electron chi connectivity index (χ2n) is 5.73. The smallest absolute Gasteiger partial charge is 0.257 e. The normalized spacial score (nSPS) is 19.6. The third-order valence-corrected chi connectivity index (χ3v) is 6.00. The van der Waals surface area contributed by atoms with Gasteiger partial charge >= 0.3 is 0 Å². The Morgan fingerprint density at radius 1 is 1.20 bits per heavy atom. The minimum Gasteiger partial charge on any atom is -0.379 e. The first kappa shape index (κ1) is 17.8.